The summed E-state index contributed by atoms with van der Waals surface area (Å²) in [5, 5.41) is 6.06. The van der Waals surface area contributed by atoms with Crippen LogP contribution < -0.4 is 10.6 Å². The molecule has 0 aliphatic rings. The zero-order valence-electron chi connectivity index (χ0n) is 15.0. The first-order valence-corrected chi connectivity index (χ1v) is 8.74. The van der Waals surface area contributed by atoms with E-state index >= 15 is 0 Å². The number of nitrogens with one attached hydrogen (secondary N) is 2. The van der Waals surface area contributed by atoms with Gasteiger partial charge in [0, 0.05) is 18.3 Å². The van der Waals surface area contributed by atoms with E-state index in [0.29, 0.717) is 23.9 Å². The second-order valence-electron chi connectivity index (χ2n) is 6.11. The van der Waals surface area contributed by atoms with Gasteiger partial charge in [-0.1, -0.05) is 36.9 Å². The molecule has 0 fully saturated rings. The van der Waals surface area contributed by atoms with Crippen LogP contribution in [0.15, 0.2) is 79.9 Å². The Bertz CT molecular complexity index is 1140. The van der Waals surface area contributed by atoms with E-state index in [-0.39, 0.29) is 5.91 Å². The first-order chi connectivity index (χ1) is 13.7. The highest BCUT2D eigenvalue weighted by Gasteiger charge is 2.09. The molecule has 0 bridgehead atoms. The molecule has 0 saturated carbocycles. The van der Waals surface area contributed by atoms with Crippen LogP contribution in [0.2, 0.25) is 0 Å². The van der Waals surface area contributed by atoms with Gasteiger partial charge in [-0.05, 0) is 29.8 Å². The third-order valence-electron chi connectivity index (χ3n) is 4.22. The molecule has 0 aliphatic carbocycles. The number of benzene rings is 2. The smallest absolute Gasteiger partial charge is 0.247 e. The van der Waals surface area contributed by atoms with Gasteiger partial charge >= 0.3 is 0 Å². The van der Waals surface area contributed by atoms with Crippen molar-refractivity contribution >= 4 is 28.4 Å². The highest BCUT2D eigenvalue weighted by molar-refractivity contribution is 6.00. The monoisotopic (exact) mass is 370 g/mol. The van der Waals surface area contributed by atoms with Gasteiger partial charge in [0.1, 0.15) is 24.3 Å². The zero-order chi connectivity index (χ0) is 19.3. The third-order valence-corrected chi connectivity index (χ3v) is 4.22. The topological polar surface area (TPSA) is 84.7 Å². The molecule has 28 heavy (non-hydrogen) atoms. The van der Waals surface area contributed by atoms with Crippen LogP contribution in [0.25, 0.3) is 16.9 Å². The summed E-state index contributed by atoms with van der Waals surface area (Å²) in [5.41, 5.74) is 3.46. The normalized spacial score (nSPS) is 10.6. The van der Waals surface area contributed by atoms with Gasteiger partial charge in [0.15, 0.2) is 0 Å². The number of aromatic nitrogens is 4. The summed E-state index contributed by atoms with van der Waals surface area (Å²) in [6.07, 6.45) is 4.45. The minimum atomic E-state index is -0.264. The van der Waals surface area contributed by atoms with Crippen LogP contribution in [0.4, 0.5) is 11.5 Å². The van der Waals surface area contributed by atoms with Crippen LogP contribution in [0.3, 0.4) is 0 Å². The molecule has 138 valence electrons. The molecule has 4 aromatic rings. The minimum absolute atomic E-state index is 0.264. The maximum Gasteiger partial charge on any atom is 0.247 e. The molecule has 2 aromatic carbocycles. The van der Waals surface area contributed by atoms with Gasteiger partial charge in [0.2, 0.25) is 5.91 Å². The van der Waals surface area contributed by atoms with Crippen molar-refractivity contribution < 1.29 is 4.79 Å². The van der Waals surface area contributed by atoms with Crippen LogP contribution in [-0.4, -0.2) is 25.4 Å². The number of hydrogen-bond donors (Lipinski definition) is 2. The Morgan fingerprint density at radius 3 is 2.75 bits per heavy atom. The van der Waals surface area contributed by atoms with Gasteiger partial charge in [0.25, 0.3) is 0 Å². The Labute approximate surface area is 161 Å². The van der Waals surface area contributed by atoms with E-state index in [4.69, 9.17) is 0 Å². The van der Waals surface area contributed by atoms with Crippen molar-refractivity contribution in [1.82, 2.24) is 19.5 Å². The Balaban J connectivity index is 1.61. The van der Waals surface area contributed by atoms with Crippen LogP contribution >= 0.6 is 0 Å². The number of nitrogens with zero attached hydrogens (tertiary/aromatic N) is 4. The van der Waals surface area contributed by atoms with Gasteiger partial charge in [-0.25, -0.2) is 15.0 Å². The summed E-state index contributed by atoms with van der Waals surface area (Å²) in [7, 11) is 0. The molecule has 2 heterocycles. The van der Waals surface area contributed by atoms with E-state index in [2.05, 4.69) is 44.3 Å². The highest BCUT2D eigenvalue weighted by Crippen LogP contribution is 2.22. The maximum atomic E-state index is 11.6. The molecule has 0 atom stereocenters. The lowest BCUT2D eigenvalue weighted by Crippen LogP contribution is -2.07. The lowest BCUT2D eigenvalue weighted by molar-refractivity contribution is -0.111. The largest absolute Gasteiger partial charge is 0.366 e. The minimum Gasteiger partial charge on any atom is -0.366 e. The zero-order valence-corrected chi connectivity index (χ0v) is 15.0. The molecule has 2 N–H and O–H groups in total. The lowest BCUT2D eigenvalue weighted by Gasteiger charge is -2.09. The number of imidazole rings is 1. The summed E-state index contributed by atoms with van der Waals surface area (Å²) in [6, 6.07) is 17.5. The van der Waals surface area contributed by atoms with Crippen molar-refractivity contribution in [2.24, 2.45) is 0 Å². The molecule has 7 heteroatoms. The van der Waals surface area contributed by atoms with Crippen molar-refractivity contribution in [3.63, 3.8) is 0 Å². The van der Waals surface area contributed by atoms with Crippen molar-refractivity contribution in [2.75, 3.05) is 10.6 Å². The molecule has 2 aromatic heterocycles. The predicted octanol–water partition coefficient (Wildman–Crippen LogP) is 3.55. The summed E-state index contributed by atoms with van der Waals surface area (Å²) in [6.45, 7) is 4.14. The lowest BCUT2D eigenvalue weighted by atomic mass is 10.2. The molecule has 0 saturated heterocycles. The molecule has 4 rings (SSSR count). The average molecular weight is 370 g/mol. The fourth-order valence-electron chi connectivity index (χ4n) is 2.83. The number of amides is 1. The standard InChI is InChI=1S/C21H18N6O/c1-2-21(28)26-16-8-9-17-18(10-16)27(14-25-17)20-11-19(23-13-24-20)22-12-15-6-4-3-5-7-15/h2-11,13-14H,1,12H2,(H,26,28)(H,22,23,24). The van der Waals surface area contributed by atoms with E-state index in [9.17, 15) is 4.79 Å². The summed E-state index contributed by atoms with van der Waals surface area (Å²) >= 11 is 0. The number of carbonyl (C=O) groups is 1. The van der Waals surface area contributed by atoms with Crippen LogP contribution in [0.5, 0.6) is 0 Å². The predicted molar refractivity (Wildman–Crippen MR) is 109 cm³/mol. The Hall–Kier alpha value is -4.00. The first kappa shape index (κ1) is 17.4. The molecular formula is C21H18N6O. The molecule has 7 nitrogen and oxygen atoms in total. The first-order valence-electron chi connectivity index (χ1n) is 8.74. The van der Waals surface area contributed by atoms with E-state index in [1.54, 1.807) is 12.4 Å². The van der Waals surface area contributed by atoms with E-state index < -0.39 is 0 Å². The van der Waals surface area contributed by atoms with Gasteiger partial charge in [-0.3, -0.25) is 9.36 Å². The second kappa shape index (κ2) is 7.71. The fraction of sp³-hybridized carbons (Fsp3) is 0.0476. The van der Waals surface area contributed by atoms with Gasteiger partial charge in [0.05, 0.1) is 11.0 Å². The molecule has 0 aliphatic heterocycles. The maximum absolute atomic E-state index is 11.6. The fourth-order valence-corrected chi connectivity index (χ4v) is 2.83. The van der Waals surface area contributed by atoms with Crippen molar-refractivity contribution in [1.29, 1.82) is 0 Å². The summed E-state index contributed by atoms with van der Waals surface area (Å²) in [5.74, 6) is 1.13. The molecule has 0 unspecified atom stereocenters. The molecule has 0 spiro atoms. The van der Waals surface area contributed by atoms with E-state index in [1.165, 1.54) is 18.0 Å². The van der Waals surface area contributed by atoms with Crippen molar-refractivity contribution in [2.45, 2.75) is 6.54 Å². The van der Waals surface area contributed by atoms with Crippen LogP contribution in [-0.2, 0) is 11.3 Å². The van der Waals surface area contributed by atoms with Gasteiger partial charge < -0.3 is 10.6 Å². The number of carbonyl (C=O) groups excluding carboxylic acids is 1. The number of anilines is 2. The summed E-state index contributed by atoms with van der Waals surface area (Å²) in [4.78, 5) is 24.6. The van der Waals surface area contributed by atoms with Crippen molar-refractivity contribution in [3.05, 3.63) is 85.5 Å². The number of fused-ring (bicyclic) bond motifs is 1. The quantitative estimate of drug-likeness (QED) is 0.507. The Morgan fingerprint density at radius 1 is 1.07 bits per heavy atom. The van der Waals surface area contributed by atoms with Crippen LogP contribution in [0, 0.1) is 0 Å². The number of rotatable bonds is 6. The molecular weight excluding hydrogens is 352 g/mol. The van der Waals surface area contributed by atoms with E-state index in [1.807, 2.05) is 41.0 Å². The average Bonchev–Trinajstić information content (AvgIpc) is 3.16. The Kier molecular flexibility index (Phi) is 4.79. The SMILES string of the molecule is C=CC(=O)Nc1ccc2ncn(-c3cc(NCc4ccccc4)ncn3)c2c1. The van der Waals surface area contributed by atoms with Crippen LogP contribution in [0.1, 0.15) is 5.56 Å². The third kappa shape index (κ3) is 3.73. The molecule has 1 amide bonds. The summed E-state index contributed by atoms with van der Waals surface area (Å²) < 4.78 is 1.86. The molecule has 0 radical (unpaired) electrons. The Morgan fingerprint density at radius 2 is 1.93 bits per heavy atom. The highest BCUT2D eigenvalue weighted by atomic mass is 16.1. The second-order valence-corrected chi connectivity index (χ2v) is 6.11. The number of hydrogen-bond acceptors (Lipinski definition) is 5. The van der Waals surface area contributed by atoms with E-state index in [0.717, 1.165) is 11.0 Å². The van der Waals surface area contributed by atoms with Crippen molar-refractivity contribution in [3.8, 4) is 5.82 Å². The van der Waals surface area contributed by atoms with Gasteiger partial charge in [-0.15, -0.1) is 0 Å². The van der Waals surface area contributed by atoms with Gasteiger partial charge in [-0.2, -0.15) is 0 Å².